The Morgan fingerprint density at radius 2 is 1.77 bits per heavy atom. The first-order valence-corrected chi connectivity index (χ1v) is 3.75. The van der Waals surface area contributed by atoms with Crippen LogP contribution in [-0.4, -0.2) is 65.8 Å². The van der Waals surface area contributed by atoms with Crippen LogP contribution in [0, 0.1) is 0 Å². The van der Waals surface area contributed by atoms with E-state index in [4.69, 9.17) is 31.0 Å². The summed E-state index contributed by atoms with van der Waals surface area (Å²) in [4.78, 5) is 0. The van der Waals surface area contributed by atoms with Crippen molar-refractivity contribution in [3.8, 4) is 0 Å². The van der Waals surface area contributed by atoms with Crippen molar-refractivity contribution in [1.82, 2.24) is 0 Å². The molecule has 68 valence electrons. The molecule has 1 fully saturated rings. The van der Waals surface area contributed by atoms with Crippen LogP contribution in [0.25, 0.3) is 0 Å². The molecular formula is C5H9B3O5. The molecule has 4 radical (unpaired) electrons. The largest absolute Gasteiger partial charge is 0.448 e. The van der Waals surface area contributed by atoms with Crippen molar-refractivity contribution >= 4 is 22.6 Å². The van der Waals surface area contributed by atoms with Crippen LogP contribution < -0.4 is 0 Å². The Bertz CT molecular complexity index is 203. The van der Waals surface area contributed by atoms with Gasteiger partial charge < -0.3 is 25.5 Å². The van der Waals surface area contributed by atoms with Gasteiger partial charge in [-0.2, -0.15) is 0 Å². The zero-order valence-corrected chi connectivity index (χ0v) is 6.88. The van der Waals surface area contributed by atoms with Crippen molar-refractivity contribution in [1.29, 1.82) is 0 Å². The molecule has 1 aliphatic heterocycles. The normalized spacial score (nSPS) is 39.3. The van der Waals surface area contributed by atoms with Crippen LogP contribution in [0.3, 0.4) is 0 Å². The first-order valence-electron chi connectivity index (χ1n) is 3.75. The van der Waals surface area contributed by atoms with Gasteiger partial charge in [0.2, 0.25) is 0 Å². The van der Waals surface area contributed by atoms with Gasteiger partial charge in [-0.3, -0.25) is 0 Å². The van der Waals surface area contributed by atoms with Crippen molar-refractivity contribution < 1.29 is 25.5 Å². The molecule has 1 saturated heterocycles. The molecule has 0 bridgehead atoms. The maximum absolute atomic E-state index is 9.29. The molecule has 1 rings (SSSR count). The van der Waals surface area contributed by atoms with Gasteiger partial charge in [0.1, 0.15) is 13.5 Å². The predicted octanol–water partition coefficient (Wildman–Crippen LogP) is -3.69. The smallest absolute Gasteiger partial charge is 0.325 e. The monoisotopic (exact) mass is 182 g/mol. The molecule has 0 amide bonds. The van der Waals surface area contributed by atoms with E-state index in [1.807, 2.05) is 0 Å². The fourth-order valence-corrected chi connectivity index (χ4v) is 1.71. The van der Waals surface area contributed by atoms with Gasteiger partial charge in [0, 0.05) is 17.3 Å². The van der Waals surface area contributed by atoms with Gasteiger partial charge >= 0.3 is 6.92 Å². The highest BCUT2D eigenvalue weighted by Gasteiger charge is 2.81. The van der Waals surface area contributed by atoms with E-state index >= 15 is 0 Å². The summed E-state index contributed by atoms with van der Waals surface area (Å²) in [6.07, 6.45) is -0.301. The topological polar surface area (TPSA) is 101 Å². The molecule has 1 aliphatic rings. The van der Waals surface area contributed by atoms with E-state index in [9.17, 15) is 10.1 Å². The molecule has 0 aromatic carbocycles. The Labute approximate surface area is 78.3 Å². The van der Waals surface area contributed by atoms with Gasteiger partial charge in [-0.1, -0.05) is 0 Å². The molecule has 0 aliphatic carbocycles. The quantitative estimate of drug-likeness (QED) is 0.228. The molecule has 5 nitrogen and oxygen atoms in total. The summed E-state index contributed by atoms with van der Waals surface area (Å²) in [7, 11) is 10.1. The molecule has 1 heterocycles. The summed E-state index contributed by atoms with van der Waals surface area (Å²) < 4.78 is 0. The Kier molecular flexibility index (Phi) is 2.34. The van der Waals surface area contributed by atoms with Gasteiger partial charge in [-0.05, 0) is 6.42 Å². The standard InChI is InChI=1S/C5H9B3O5/c6-4(10)3(1-2-9,8(4)13)5(7,11)12/h9-13H,1-2H2. The number of hydrogen-bond acceptors (Lipinski definition) is 5. The SMILES string of the molecule is [B]C(O)(O)C1(CCO)B(O)C1([B])O. The lowest BCUT2D eigenvalue weighted by atomic mass is 9.65. The van der Waals surface area contributed by atoms with E-state index in [1.54, 1.807) is 0 Å². The molecular weight excluding hydrogens is 172 g/mol. The molecule has 0 aromatic rings. The minimum Gasteiger partial charge on any atom is -0.448 e. The summed E-state index contributed by atoms with van der Waals surface area (Å²) in [5.41, 5.74) is -2.82. The first kappa shape index (κ1) is 11.1. The lowest BCUT2D eigenvalue weighted by Gasteiger charge is -2.31. The van der Waals surface area contributed by atoms with Crippen LogP contribution in [0.15, 0.2) is 0 Å². The fourth-order valence-electron chi connectivity index (χ4n) is 1.71. The molecule has 0 saturated carbocycles. The Morgan fingerprint density at radius 1 is 1.38 bits per heavy atom. The van der Waals surface area contributed by atoms with E-state index in [1.165, 1.54) is 0 Å². The predicted molar refractivity (Wildman–Crippen MR) is 46.0 cm³/mol. The molecule has 0 aromatic heterocycles. The second kappa shape index (κ2) is 2.74. The van der Waals surface area contributed by atoms with Gasteiger partial charge in [0.25, 0.3) is 0 Å². The van der Waals surface area contributed by atoms with Gasteiger partial charge in [0.15, 0.2) is 7.85 Å². The fraction of sp³-hybridized carbons (Fsp3) is 1.00. The third-order valence-corrected chi connectivity index (χ3v) is 2.68. The lowest BCUT2D eigenvalue weighted by molar-refractivity contribution is -0.127. The van der Waals surface area contributed by atoms with E-state index < -0.39 is 29.9 Å². The molecule has 8 heteroatoms. The van der Waals surface area contributed by atoms with Crippen molar-refractivity contribution in [3.05, 3.63) is 0 Å². The summed E-state index contributed by atoms with van der Waals surface area (Å²) >= 11 is 0. The zero-order chi connectivity index (χ0) is 10.5. The van der Waals surface area contributed by atoms with Crippen LogP contribution >= 0.6 is 0 Å². The van der Waals surface area contributed by atoms with Crippen molar-refractivity contribution in [2.45, 2.75) is 22.8 Å². The summed E-state index contributed by atoms with van der Waals surface area (Å²) in [5.74, 6) is 0. The average Bonchev–Trinajstić information content (AvgIpc) is 2.34. The van der Waals surface area contributed by atoms with Gasteiger partial charge in [-0.15, -0.1) is 0 Å². The summed E-state index contributed by atoms with van der Waals surface area (Å²) in [6, 6.07) is 0. The van der Waals surface area contributed by atoms with Crippen molar-refractivity contribution in [2.75, 3.05) is 6.61 Å². The third kappa shape index (κ3) is 1.17. The van der Waals surface area contributed by atoms with Crippen LogP contribution in [0.5, 0.6) is 0 Å². The van der Waals surface area contributed by atoms with Crippen molar-refractivity contribution in [3.63, 3.8) is 0 Å². The van der Waals surface area contributed by atoms with Gasteiger partial charge in [0.05, 0.1) is 0 Å². The molecule has 2 unspecified atom stereocenters. The highest BCUT2D eigenvalue weighted by molar-refractivity contribution is 6.82. The highest BCUT2D eigenvalue weighted by Crippen LogP contribution is 2.65. The van der Waals surface area contributed by atoms with E-state index in [0.717, 1.165) is 0 Å². The van der Waals surface area contributed by atoms with Gasteiger partial charge in [-0.25, -0.2) is 0 Å². The van der Waals surface area contributed by atoms with Crippen LogP contribution in [0.1, 0.15) is 6.42 Å². The van der Waals surface area contributed by atoms with Crippen LogP contribution in [0.4, 0.5) is 0 Å². The zero-order valence-electron chi connectivity index (χ0n) is 6.88. The molecule has 13 heavy (non-hydrogen) atoms. The maximum Gasteiger partial charge on any atom is 0.325 e. The number of rotatable bonds is 3. The first-order chi connectivity index (χ1) is 5.72. The number of aliphatic hydroxyl groups excluding tert-OH is 1. The minimum absolute atomic E-state index is 0.301. The third-order valence-electron chi connectivity index (χ3n) is 2.68. The lowest BCUT2D eigenvalue weighted by Crippen LogP contribution is -2.42. The summed E-state index contributed by atoms with van der Waals surface area (Å²) in [6.45, 7) is -2.04. The molecule has 0 spiro atoms. The number of aliphatic hydroxyl groups is 4. The van der Waals surface area contributed by atoms with E-state index in [2.05, 4.69) is 0 Å². The second-order valence-electron chi connectivity index (χ2n) is 3.40. The maximum atomic E-state index is 9.29. The highest BCUT2D eigenvalue weighted by atomic mass is 16.5. The summed E-state index contributed by atoms with van der Waals surface area (Å²) in [5, 5.41) is 41.2. The molecule has 2 atom stereocenters. The molecule has 5 N–H and O–H groups in total. The second-order valence-corrected chi connectivity index (χ2v) is 3.40. The van der Waals surface area contributed by atoms with Crippen LogP contribution in [-0.2, 0) is 0 Å². The Balaban J connectivity index is 2.95. The van der Waals surface area contributed by atoms with Crippen LogP contribution in [0.2, 0.25) is 5.31 Å². The minimum atomic E-state index is -2.82. The average molecular weight is 182 g/mol. The Hall–Kier alpha value is -0.00519. The van der Waals surface area contributed by atoms with E-state index in [0.29, 0.717) is 0 Å². The Morgan fingerprint density at radius 3 is 1.85 bits per heavy atom. The number of hydrogen-bond donors (Lipinski definition) is 5. The van der Waals surface area contributed by atoms with Crippen molar-refractivity contribution in [2.24, 2.45) is 0 Å². The van der Waals surface area contributed by atoms with E-state index in [-0.39, 0.29) is 6.42 Å².